The number of aryl methyl sites for hydroxylation is 4. The van der Waals surface area contributed by atoms with Crippen LogP contribution >= 0.6 is 27.3 Å². The Balaban J connectivity index is 2.18. The van der Waals surface area contributed by atoms with Gasteiger partial charge in [0.25, 0.3) is 5.56 Å². The standard InChI is InChI=1S/C11H12BrN3OS/c1-7-9(17-6-14-7)3-4-15-5-13-8(2)10(12)11(15)16/h5-6H,3-4H2,1-2H3. The smallest absolute Gasteiger partial charge is 0.267 e. The van der Waals surface area contributed by atoms with E-state index in [0.29, 0.717) is 11.0 Å². The number of halogens is 1. The van der Waals surface area contributed by atoms with Crippen molar-refractivity contribution >= 4 is 27.3 Å². The molecule has 0 unspecified atom stereocenters. The summed E-state index contributed by atoms with van der Waals surface area (Å²) in [6, 6.07) is 0. The summed E-state index contributed by atoms with van der Waals surface area (Å²) in [5.74, 6) is 0. The van der Waals surface area contributed by atoms with E-state index >= 15 is 0 Å². The maximum absolute atomic E-state index is 11.9. The lowest BCUT2D eigenvalue weighted by Gasteiger charge is -2.06. The normalized spacial score (nSPS) is 10.8. The van der Waals surface area contributed by atoms with Crippen molar-refractivity contribution in [3.63, 3.8) is 0 Å². The van der Waals surface area contributed by atoms with E-state index in [2.05, 4.69) is 25.9 Å². The van der Waals surface area contributed by atoms with Crippen molar-refractivity contribution in [2.75, 3.05) is 0 Å². The maximum Gasteiger partial charge on any atom is 0.267 e. The molecule has 0 radical (unpaired) electrons. The third-order valence-electron chi connectivity index (χ3n) is 2.58. The van der Waals surface area contributed by atoms with E-state index in [1.165, 1.54) is 4.88 Å². The van der Waals surface area contributed by atoms with Crippen LogP contribution < -0.4 is 5.56 Å². The van der Waals surface area contributed by atoms with E-state index < -0.39 is 0 Å². The zero-order valence-electron chi connectivity index (χ0n) is 9.61. The van der Waals surface area contributed by atoms with Gasteiger partial charge in [-0.15, -0.1) is 11.3 Å². The predicted molar refractivity (Wildman–Crippen MR) is 71.5 cm³/mol. The monoisotopic (exact) mass is 313 g/mol. The summed E-state index contributed by atoms with van der Waals surface area (Å²) in [6.07, 6.45) is 2.41. The molecule has 0 bridgehead atoms. The molecule has 0 saturated heterocycles. The first-order valence-electron chi connectivity index (χ1n) is 5.20. The highest BCUT2D eigenvalue weighted by atomic mass is 79.9. The molecule has 0 amide bonds. The molecule has 0 aliphatic rings. The lowest BCUT2D eigenvalue weighted by Crippen LogP contribution is -2.23. The fourth-order valence-corrected chi connectivity index (χ4v) is 2.59. The molecule has 0 N–H and O–H groups in total. The number of hydrogen-bond donors (Lipinski definition) is 0. The first kappa shape index (κ1) is 12.4. The highest BCUT2D eigenvalue weighted by Crippen LogP contribution is 2.13. The lowest BCUT2D eigenvalue weighted by molar-refractivity contribution is 0.650. The molecular formula is C11H12BrN3OS. The predicted octanol–water partition coefficient (Wildman–Crippen LogP) is 2.32. The number of hydrogen-bond acceptors (Lipinski definition) is 4. The minimum atomic E-state index is -0.0281. The second-order valence-electron chi connectivity index (χ2n) is 3.75. The Kier molecular flexibility index (Phi) is 3.73. The summed E-state index contributed by atoms with van der Waals surface area (Å²) in [7, 11) is 0. The Morgan fingerprint density at radius 1 is 1.35 bits per heavy atom. The van der Waals surface area contributed by atoms with Gasteiger partial charge in [-0.1, -0.05) is 0 Å². The highest BCUT2D eigenvalue weighted by molar-refractivity contribution is 9.10. The van der Waals surface area contributed by atoms with Gasteiger partial charge in [0.1, 0.15) is 4.47 Å². The van der Waals surface area contributed by atoms with Gasteiger partial charge >= 0.3 is 0 Å². The van der Waals surface area contributed by atoms with Gasteiger partial charge in [0.15, 0.2) is 0 Å². The zero-order valence-corrected chi connectivity index (χ0v) is 12.0. The van der Waals surface area contributed by atoms with Gasteiger partial charge in [0.2, 0.25) is 0 Å². The van der Waals surface area contributed by atoms with E-state index in [1.54, 1.807) is 22.2 Å². The van der Waals surface area contributed by atoms with Crippen molar-refractivity contribution in [3.8, 4) is 0 Å². The Hall–Kier alpha value is -1.01. The maximum atomic E-state index is 11.9. The second-order valence-corrected chi connectivity index (χ2v) is 5.49. The minimum absolute atomic E-state index is 0.0281. The van der Waals surface area contributed by atoms with Gasteiger partial charge < -0.3 is 0 Å². The molecule has 0 aromatic carbocycles. The first-order valence-corrected chi connectivity index (χ1v) is 6.87. The Bertz CT molecular complexity index is 591. The van der Waals surface area contributed by atoms with Crippen LogP contribution in [0, 0.1) is 13.8 Å². The average Bonchev–Trinajstić information content (AvgIpc) is 2.71. The molecule has 2 rings (SSSR count). The second kappa shape index (κ2) is 5.10. The van der Waals surface area contributed by atoms with E-state index in [0.717, 1.165) is 17.8 Å². The van der Waals surface area contributed by atoms with Gasteiger partial charge in [0, 0.05) is 17.8 Å². The molecule has 0 saturated carbocycles. The molecule has 2 aromatic heterocycles. The first-order chi connectivity index (χ1) is 8.09. The number of nitrogens with zero attached hydrogens (tertiary/aromatic N) is 3. The van der Waals surface area contributed by atoms with Gasteiger partial charge in [0.05, 0.1) is 23.2 Å². The van der Waals surface area contributed by atoms with Crippen LogP contribution in [0.15, 0.2) is 21.1 Å². The molecular weight excluding hydrogens is 302 g/mol. The van der Waals surface area contributed by atoms with Crippen molar-refractivity contribution < 1.29 is 0 Å². The summed E-state index contributed by atoms with van der Waals surface area (Å²) in [4.78, 5) is 21.5. The molecule has 4 nitrogen and oxygen atoms in total. The number of rotatable bonds is 3. The summed E-state index contributed by atoms with van der Waals surface area (Å²) in [5.41, 5.74) is 3.57. The van der Waals surface area contributed by atoms with Crippen LogP contribution in [0.3, 0.4) is 0 Å². The zero-order chi connectivity index (χ0) is 12.4. The molecule has 2 heterocycles. The molecule has 17 heavy (non-hydrogen) atoms. The Morgan fingerprint density at radius 2 is 2.12 bits per heavy atom. The van der Waals surface area contributed by atoms with Crippen LogP contribution in [-0.2, 0) is 13.0 Å². The van der Waals surface area contributed by atoms with Crippen LogP contribution in [0.1, 0.15) is 16.3 Å². The van der Waals surface area contributed by atoms with Crippen molar-refractivity contribution in [1.82, 2.24) is 14.5 Å². The van der Waals surface area contributed by atoms with Crippen LogP contribution in [-0.4, -0.2) is 14.5 Å². The molecule has 90 valence electrons. The third-order valence-corrected chi connectivity index (χ3v) is 4.49. The lowest BCUT2D eigenvalue weighted by atomic mass is 10.3. The van der Waals surface area contributed by atoms with Crippen molar-refractivity contribution in [2.24, 2.45) is 0 Å². The highest BCUT2D eigenvalue weighted by Gasteiger charge is 2.07. The molecule has 0 spiro atoms. The summed E-state index contributed by atoms with van der Waals surface area (Å²) < 4.78 is 2.16. The van der Waals surface area contributed by atoms with Gasteiger partial charge in [-0.25, -0.2) is 9.97 Å². The molecule has 6 heteroatoms. The number of thiazole rings is 1. The molecule has 2 aromatic rings. The average molecular weight is 314 g/mol. The third kappa shape index (κ3) is 2.63. The van der Waals surface area contributed by atoms with Crippen molar-refractivity contribution in [1.29, 1.82) is 0 Å². The molecule has 0 aliphatic heterocycles. The van der Waals surface area contributed by atoms with E-state index in [4.69, 9.17) is 0 Å². The quantitative estimate of drug-likeness (QED) is 0.873. The minimum Gasteiger partial charge on any atom is -0.298 e. The molecule has 0 fully saturated rings. The Labute approximate surface area is 111 Å². The summed E-state index contributed by atoms with van der Waals surface area (Å²) in [5, 5.41) is 0. The SMILES string of the molecule is Cc1ncsc1CCn1cnc(C)c(Br)c1=O. The van der Waals surface area contributed by atoms with Gasteiger partial charge in [-0.2, -0.15) is 0 Å². The van der Waals surface area contributed by atoms with Gasteiger partial charge in [-0.05, 0) is 29.8 Å². The van der Waals surface area contributed by atoms with E-state index in [9.17, 15) is 4.79 Å². The summed E-state index contributed by atoms with van der Waals surface area (Å²) in [6.45, 7) is 4.43. The fraction of sp³-hybridized carbons (Fsp3) is 0.364. The van der Waals surface area contributed by atoms with Crippen molar-refractivity contribution in [2.45, 2.75) is 26.8 Å². The van der Waals surface area contributed by atoms with Crippen LogP contribution in [0.25, 0.3) is 0 Å². The van der Waals surface area contributed by atoms with Crippen LogP contribution in [0.2, 0.25) is 0 Å². The Morgan fingerprint density at radius 3 is 2.76 bits per heavy atom. The fourth-order valence-electron chi connectivity index (χ4n) is 1.49. The topological polar surface area (TPSA) is 47.8 Å². The van der Waals surface area contributed by atoms with Crippen LogP contribution in [0.5, 0.6) is 0 Å². The van der Waals surface area contributed by atoms with Gasteiger partial charge in [-0.3, -0.25) is 9.36 Å². The van der Waals surface area contributed by atoms with E-state index in [1.807, 2.05) is 19.4 Å². The number of aromatic nitrogens is 3. The van der Waals surface area contributed by atoms with Crippen LogP contribution in [0.4, 0.5) is 0 Å². The summed E-state index contributed by atoms with van der Waals surface area (Å²) >= 11 is 4.88. The van der Waals surface area contributed by atoms with Crippen molar-refractivity contribution in [3.05, 3.63) is 42.9 Å². The molecule has 0 aliphatic carbocycles. The largest absolute Gasteiger partial charge is 0.298 e. The molecule has 0 atom stereocenters. The van der Waals surface area contributed by atoms with E-state index in [-0.39, 0.29) is 5.56 Å².